The van der Waals surface area contributed by atoms with Gasteiger partial charge < -0.3 is 37.9 Å². The number of halogens is 1. The van der Waals surface area contributed by atoms with Crippen molar-refractivity contribution in [1.82, 2.24) is 0 Å². The summed E-state index contributed by atoms with van der Waals surface area (Å²) in [6.07, 6.45) is 7.76. The molecular formula is C19H34INO2. The highest BCUT2D eigenvalue weighted by atomic mass is 127. The van der Waals surface area contributed by atoms with Crippen LogP contribution in [0.25, 0.3) is 0 Å². The van der Waals surface area contributed by atoms with Gasteiger partial charge in [0, 0.05) is 0 Å². The largest absolute Gasteiger partial charge is 1.00 e. The number of likely N-dealkylation sites (N-methyl/N-ethyl adjacent to an activating group) is 1. The predicted octanol–water partition coefficient (Wildman–Crippen LogP) is 1.51. The molecule has 0 aromatic heterocycles. The Morgan fingerprint density at radius 3 is 1.74 bits per heavy atom. The Hall–Kier alpha value is -0.490. The van der Waals surface area contributed by atoms with Gasteiger partial charge in [0.1, 0.15) is 24.7 Å². The summed E-state index contributed by atoms with van der Waals surface area (Å²) in [5.41, 5.74) is 0. The number of hydrogen-bond donors (Lipinski definition) is 0. The minimum Gasteiger partial charge on any atom is -1.00 e. The Kier molecular flexibility index (Phi) is 12.6. The van der Waals surface area contributed by atoms with Crippen LogP contribution in [0.5, 0.6) is 11.5 Å². The highest BCUT2D eigenvalue weighted by molar-refractivity contribution is 5.31. The first-order chi connectivity index (χ1) is 10.5. The van der Waals surface area contributed by atoms with E-state index in [1.165, 1.54) is 32.1 Å². The lowest BCUT2D eigenvalue weighted by molar-refractivity contribution is -0.870. The van der Waals surface area contributed by atoms with E-state index in [2.05, 4.69) is 28.1 Å². The van der Waals surface area contributed by atoms with E-state index >= 15 is 0 Å². The van der Waals surface area contributed by atoms with Crippen molar-refractivity contribution in [3.63, 3.8) is 0 Å². The van der Waals surface area contributed by atoms with Crippen molar-refractivity contribution in [2.75, 3.05) is 40.9 Å². The van der Waals surface area contributed by atoms with Crippen LogP contribution in [-0.4, -0.2) is 45.4 Å². The summed E-state index contributed by atoms with van der Waals surface area (Å²) >= 11 is 0. The van der Waals surface area contributed by atoms with Crippen molar-refractivity contribution in [2.45, 2.75) is 45.4 Å². The van der Waals surface area contributed by atoms with Crippen molar-refractivity contribution >= 4 is 0 Å². The van der Waals surface area contributed by atoms with Crippen LogP contribution in [-0.2, 0) is 0 Å². The minimum atomic E-state index is 0. The van der Waals surface area contributed by atoms with Crippen molar-refractivity contribution in [3.8, 4) is 11.5 Å². The molecule has 0 saturated heterocycles. The number of unbranched alkanes of at least 4 members (excludes halogenated alkanes) is 5. The van der Waals surface area contributed by atoms with Crippen LogP contribution in [0, 0.1) is 0 Å². The monoisotopic (exact) mass is 435 g/mol. The average molecular weight is 435 g/mol. The number of nitrogens with zero attached hydrogens (tertiary/aromatic N) is 1. The fourth-order valence-electron chi connectivity index (χ4n) is 2.14. The lowest BCUT2D eigenvalue weighted by atomic mass is 10.1. The van der Waals surface area contributed by atoms with Gasteiger partial charge in [0.15, 0.2) is 0 Å². The first-order valence-electron chi connectivity index (χ1n) is 8.67. The van der Waals surface area contributed by atoms with E-state index in [-0.39, 0.29) is 24.0 Å². The Bertz CT molecular complexity index is 387. The molecule has 0 N–H and O–H groups in total. The Balaban J connectivity index is 0.00000484. The third-order valence-electron chi connectivity index (χ3n) is 3.62. The van der Waals surface area contributed by atoms with Crippen molar-refractivity contribution in [2.24, 2.45) is 0 Å². The average Bonchev–Trinajstić information content (AvgIpc) is 2.46. The van der Waals surface area contributed by atoms with E-state index in [1.54, 1.807) is 0 Å². The topological polar surface area (TPSA) is 18.5 Å². The SMILES string of the molecule is CCCCCCCCOc1ccc(OCC[N+](C)(C)C)cc1.[I-]. The van der Waals surface area contributed by atoms with Crippen LogP contribution in [0.15, 0.2) is 24.3 Å². The molecule has 0 spiro atoms. The molecule has 1 aromatic carbocycles. The molecule has 4 heteroatoms. The second-order valence-corrected chi connectivity index (χ2v) is 6.95. The lowest BCUT2D eigenvalue weighted by Crippen LogP contribution is -3.00. The van der Waals surface area contributed by atoms with Gasteiger partial charge in [-0.05, 0) is 30.7 Å². The van der Waals surface area contributed by atoms with Crippen molar-refractivity contribution < 1.29 is 37.9 Å². The van der Waals surface area contributed by atoms with E-state index in [0.717, 1.165) is 42.2 Å². The molecule has 0 fully saturated rings. The molecule has 0 aliphatic carbocycles. The normalized spacial score (nSPS) is 11.0. The maximum absolute atomic E-state index is 5.77. The smallest absolute Gasteiger partial charge is 0.137 e. The van der Waals surface area contributed by atoms with Crippen molar-refractivity contribution in [3.05, 3.63) is 24.3 Å². The number of quaternary nitrogens is 1. The zero-order chi connectivity index (χ0) is 16.3. The molecule has 0 aliphatic heterocycles. The number of hydrogen-bond acceptors (Lipinski definition) is 2. The Morgan fingerprint density at radius 1 is 0.739 bits per heavy atom. The fourth-order valence-corrected chi connectivity index (χ4v) is 2.14. The molecule has 0 unspecified atom stereocenters. The summed E-state index contributed by atoms with van der Waals surface area (Å²) in [5, 5.41) is 0. The van der Waals surface area contributed by atoms with Crippen LogP contribution in [0.3, 0.4) is 0 Å². The summed E-state index contributed by atoms with van der Waals surface area (Å²) in [6, 6.07) is 7.98. The zero-order valence-corrected chi connectivity index (χ0v) is 17.5. The molecule has 0 amide bonds. The second-order valence-electron chi connectivity index (χ2n) is 6.95. The van der Waals surface area contributed by atoms with Crippen LogP contribution >= 0.6 is 0 Å². The lowest BCUT2D eigenvalue weighted by Gasteiger charge is -2.23. The molecule has 1 rings (SSSR count). The summed E-state index contributed by atoms with van der Waals surface area (Å²) in [5.74, 6) is 1.85. The third-order valence-corrected chi connectivity index (χ3v) is 3.62. The summed E-state index contributed by atoms with van der Waals surface area (Å²) in [6.45, 7) is 4.80. The second kappa shape index (κ2) is 12.9. The number of ether oxygens (including phenoxy) is 2. The van der Waals surface area contributed by atoms with Crippen molar-refractivity contribution in [1.29, 1.82) is 0 Å². The Labute approximate surface area is 160 Å². The van der Waals surface area contributed by atoms with E-state index in [0.29, 0.717) is 0 Å². The first kappa shape index (κ1) is 22.5. The Morgan fingerprint density at radius 2 is 1.22 bits per heavy atom. The molecule has 0 bridgehead atoms. The fraction of sp³-hybridized carbons (Fsp3) is 0.684. The van der Waals surface area contributed by atoms with Gasteiger partial charge in [0.2, 0.25) is 0 Å². The molecular weight excluding hydrogens is 401 g/mol. The zero-order valence-electron chi connectivity index (χ0n) is 15.3. The van der Waals surface area contributed by atoms with E-state index in [9.17, 15) is 0 Å². The summed E-state index contributed by atoms with van der Waals surface area (Å²) in [7, 11) is 6.51. The van der Waals surface area contributed by atoms with Gasteiger partial charge in [0.05, 0.1) is 27.7 Å². The van der Waals surface area contributed by atoms with Gasteiger partial charge in [-0.1, -0.05) is 39.0 Å². The van der Waals surface area contributed by atoms with E-state index < -0.39 is 0 Å². The summed E-state index contributed by atoms with van der Waals surface area (Å²) in [4.78, 5) is 0. The van der Waals surface area contributed by atoms with Crippen LogP contribution in [0.1, 0.15) is 45.4 Å². The van der Waals surface area contributed by atoms with Gasteiger partial charge in [-0.2, -0.15) is 0 Å². The van der Waals surface area contributed by atoms with Crippen LogP contribution in [0.2, 0.25) is 0 Å². The first-order valence-corrected chi connectivity index (χ1v) is 8.67. The van der Waals surface area contributed by atoms with Crippen LogP contribution < -0.4 is 33.5 Å². The quantitative estimate of drug-likeness (QED) is 0.282. The molecule has 0 atom stereocenters. The third kappa shape index (κ3) is 12.6. The molecule has 0 saturated carbocycles. The van der Waals surface area contributed by atoms with Crippen LogP contribution in [0.4, 0.5) is 0 Å². The van der Waals surface area contributed by atoms with Gasteiger partial charge in [-0.25, -0.2) is 0 Å². The van der Waals surface area contributed by atoms with Gasteiger partial charge in [-0.3, -0.25) is 0 Å². The molecule has 1 aromatic rings. The highest BCUT2D eigenvalue weighted by Gasteiger charge is 2.06. The van der Waals surface area contributed by atoms with Gasteiger partial charge in [0.25, 0.3) is 0 Å². The molecule has 3 nitrogen and oxygen atoms in total. The van der Waals surface area contributed by atoms with E-state index in [1.807, 2.05) is 24.3 Å². The molecule has 0 aliphatic rings. The molecule has 134 valence electrons. The maximum atomic E-state index is 5.77. The van der Waals surface area contributed by atoms with Gasteiger partial charge >= 0.3 is 0 Å². The molecule has 0 heterocycles. The standard InChI is InChI=1S/C19H34NO2.HI/c1-5-6-7-8-9-10-16-21-18-11-13-19(14-12-18)22-17-15-20(2,3)4;/h11-14H,5-10,15-17H2,1-4H3;1H/q+1;/p-1. The highest BCUT2D eigenvalue weighted by Crippen LogP contribution is 2.18. The van der Waals surface area contributed by atoms with Gasteiger partial charge in [-0.15, -0.1) is 0 Å². The van der Waals surface area contributed by atoms with E-state index in [4.69, 9.17) is 9.47 Å². The number of benzene rings is 1. The maximum Gasteiger partial charge on any atom is 0.137 e. The minimum absolute atomic E-state index is 0. The predicted molar refractivity (Wildman–Crippen MR) is 93.7 cm³/mol. The molecule has 23 heavy (non-hydrogen) atoms. The number of rotatable bonds is 12. The summed E-state index contributed by atoms with van der Waals surface area (Å²) < 4.78 is 12.4. The molecule has 0 radical (unpaired) electrons.